The van der Waals surface area contributed by atoms with E-state index in [1.807, 2.05) is 18.5 Å². The maximum atomic E-state index is 6.19. The highest BCUT2D eigenvalue weighted by molar-refractivity contribution is 5.76. The Hall–Kier alpha value is -2.44. The van der Waals surface area contributed by atoms with Crippen molar-refractivity contribution in [3.63, 3.8) is 0 Å². The average molecular weight is 339 g/mol. The largest absolute Gasteiger partial charge is 0.368 e. The molecule has 1 fully saturated rings. The molecule has 0 amide bonds. The van der Waals surface area contributed by atoms with Crippen LogP contribution in [0.1, 0.15) is 63.7 Å². The first-order chi connectivity index (χ1) is 12.3. The van der Waals surface area contributed by atoms with E-state index >= 15 is 0 Å². The standard InChI is InChI=1S/C18H25N7/c1-2-3-9-16-22-17(19)25(23-16)18-21-14-12-20-11-10-15(14)24(18)13-7-5-4-6-8-13/h10-13H,2-9H2,1H3,(H2,19,22,23). The van der Waals surface area contributed by atoms with Crippen LogP contribution in [0.2, 0.25) is 0 Å². The molecule has 7 heteroatoms. The van der Waals surface area contributed by atoms with Gasteiger partial charge in [-0.05, 0) is 25.3 Å². The van der Waals surface area contributed by atoms with Gasteiger partial charge in [0.05, 0.1) is 11.7 Å². The van der Waals surface area contributed by atoms with Crippen molar-refractivity contribution < 1.29 is 0 Å². The van der Waals surface area contributed by atoms with Gasteiger partial charge < -0.3 is 10.3 Å². The number of unbranched alkanes of at least 4 members (excludes halogenated alkanes) is 1. The molecule has 0 spiro atoms. The van der Waals surface area contributed by atoms with Crippen molar-refractivity contribution in [3.8, 4) is 5.95 Å². The number of nitrogen functional groups attached to an aromatic ring is 1. The van der Waals surface area contributed by atoms with E-state index in [1.165, 1.54) is 19.3 Å². The Morgan fingerprint density at radius 3 is 2.84 bits per heavy atom. The lowest BCUT2D eigenvalue weighted by Crippen LogP contribution is -2.18. The van der Waals surface area contributed by atoms with Crippen LogP contribution in [0.4, 0.5) is 5.95 Å². The van der Waals surface area contributed by atoms with Crippen molar-refractivity contribution in [2.45, 2.75) is 64.3 Å². The molecular formula is C18H25N7. The number of imidazole rings is 1. The van der Waals surface area contributed by atoms with Gasteiger partial charge >= 0.3 is 0 Å². The third-order valence-corrected chi connectivity index (χ3v) is 5.03. The molecule has 1 saturated carbocycles. The fourth-order valence-electron chi connectivity index (χ4n) is 3.74. The highest BCUT2D eigenvalue weighted by Gasteiger charge is 2.24. The van der Waals surface area contributed by atoms with E-state index < -0.39 is 0 Å². The molecule has 0 radical (unpaired) electrons. The second kappa shape index (κ2) is 6.82. The summed E-state index contributed by atoms with van der Waals surface area (Å²) in [6.07, 6.45) is 12.8. The Labute approximate surface area is 147 Å². The normalized spacial score (nSPS) is 15.9. The van der Waals surface area contributed by atoms with Gasteiger partial charge in [0.2, 0.25) is 11.9 Å². The Kier molecular flexibility index (Phi) is 4.38. The van der Waals surface area contributed by atoms with Gasteiger partial charge in [0.25, 0.3) is 0 Å². The van der Waals surface area contributed by atoms with Crippen LogP contribution < -0.4 is 5.73 Å². The van der Waals surface area contributed by atoms with E-state index in [9.17, 15) is 0 Å². The lowest BCUT2D eigenvalue weighted by molar-refractivity contribution is 0.356. The maximum Gasteiger partial charge on any atom is 0.235 e. The van der Waals surface area contributed by atoms with Crippen LogP contribution >= 0.6 is 0 Å². The van der Waals surface area contributed by atoms with Gasteiger partial charge in [-0.25, -0.2) is 4.98 Å². The molecule has 3 heterocycles. The fourth-order valence-corrected chi connectivity index (χ4v) is 3.74. The molecule has 0 atom stereocenters. The van der Waals surface area contributed by atoms with Crippen molar-refractivity contribution >= 4 is 17.0 Å². The number of aryl methyl sites for hydroxylation is 1. The molecule has 25 heavy (non-hydrogen) atoms. The van der Waals surface area contributed by atoms with Crippen LogP contribution in [0.5, 0.6) is 0 Å². The topological polar surface area (TPSA) is 87.4 Å². The van der Waals surface area contributed by atoms with Gasteiger partial charge in [-0.1, -0.05) is 32.6 Å². The molecular weight excluding hydrogens is 314 g/mol. The van der Waals surface area contributed by atoms with E-state index in [0.29, 0.717) is 12.0 Å². The molecule has 0 bridgehead atoms. The van der Waals surface area contributed by atoms with Crippen molar-refractivity contribution in [3.05, 3.63) is 24.3 Å². The van der Waals surface area contributed by atoms with Gasteiger partial charge in [0, 0.05) is 18.7 Å². The van der Waals surface area contributed by atoms with E-state index in [4.69, 9.17) is 10.7 Å². The molecule has 0 saturated heterocycles. The highest BCUT2D eigenvalue weighted by Crippen LogP contribution is 2.33. The summed E-state index contributed by atoms with van der Waals surface area (Å²) in [5.74, 6) is 1.97. The number of hydrogen-bond acceptors (Lipinski definition) is 5. The fraction of sp³-hybridized carbons (Fsp3) is 0.556. The maximum absolute atomic E-state index is 6.19. The Bertz CT molecular complexity index is 858. The van der Waals surface area contributed by atoms with Crippen LogP contribution in [-0.2, 0) is 6.42 Å². The number of nitrogens with zero attached hydrogens (tertiary/aromatic N) is 6. The second-order valence-corrected chi connectivity index (χ2v) is 6.84. The number of anilines is 1. The third kappa shape index (κ3) is 2.99. The lowest BCUT2D eigenvalue weighted by Gasteiger charge is -2.25. The number of nitrogens with two attached hydrogens (primary N) is 1. The Balaban J connectivity index is 1.82. The number of aromatic nitrogens is 6. The average Bonchev–Trinajstić information content (AvgIpc) is 3.20. The second-order valence-electron chi connectivity index (χ2n) is 6.84. The predicted molar refractivity (Wildman–Crippen MR) is 97.6 cm³/mol. The van der Waals surface area contributed by atoms with E-state index in [-0.39, 0.29) is 0 Å². The van der Waals surface area contributed by atoms with Crippen molar-refractivity contribution in [1.29, 1.82) is 0 Å². The van der Waals surface area contributed by atoms with Crippen LogP contribution in [0.15, 0.2) is 18.5 Å². The zero-order valence-electron chi connectivity index (χ0n) is 14.7. The molecule has 1 aliphatic rings. The highest BCUT2D eigenvalue weighted by atomic mass is 15.5. The van der Waals surface area contributed by atoms with Gasteiger partial charge in [-0.3, -0.25) is 4.98 Å². The molecule has 7 nitrogen and oxygen atoms in total. The van der Waals surface area contributed by atoms with Crippen molar-refractivity contribution in [1.82, 2.24) is 29.3 Å². The minimum atomic E-state index is 0.409. The monoisotopic (exact) mass is 339 g/mol. The third-order valence-electron chi connectivity index (χ3n) is 5.03. The predicted octanol–water partition coefficient (Wildman–Crippen LogP) is 3.44. The first-order valence-corrected chi connectivity index (χ1v) is 9.31. The number of pyridine rings is 1. The van der Waals surface area contributed by atoms with Crippen molar-refractivity contribution in [2.75, 3.05) is 5.73 Å². The van der Waals surface area contributed by atoms with Crippen LogP contribution in [0.25, 0.3) is 17.0 Å². The smallest absolute Gasteiger partial charge is 0.235 e. The molecule has 0 unspecified atom stereocenters. The first-order valence-electron chi connectivity index (χ1n) is 9.31. The van der Waals surface area contributed by atoms with Crippen molar-refractivity contribution in [2.24, 2.45) is 0 Å². The van der Waals surface area contributed by atoms with Gasteiger partial charge in [-0.2, -0.15) is 9.67 Å². The molecule has 2 N–H and O–H groups in total. The zero-order chi connectivity index (χ0) is 17.2. The Morgan fingerprint density at radius 1 is 1.20 bits per heavy atom. The molecule has 132 valence electrons. The van der Waals surface area contributed by atoms with Crippen LogP contribution in [0, 0.1) is 0 Å². The summed E-state index contributed by atoms with van der Waals surface area (Å²) < 4.78 is 4.00. The molecule has 3 aromatic heterocycles. The summed E-state index contributed by atoms with van der Waals surface area (Å²) >= 11 is 0. The minimum absolute atomic E-state index is 0.409. The van der Waals surface area contributed by atoms with Crippen LogP contribution in [-0.4, -0.2) is 29.3 Å². The summed E-state index contributed by atoms with van der Waals surface area (Å²) in [6, 6.07) is 2.46. The Morgan fingerprint density at radius 2 is 2.04 bits per heavy atom. The molecule has 3 aromatic rings. The quantitative estimate of drug-likeness (QED) is 0.769. The molecule has 1 aliphatic carbocycles. The number of rotatable bonds is 5. The van der Waals surface area contributed by atoms with E-state index in [0.717, 1.165) is 54.9 Å². The van der Waals surface area contributed by atoms with Gasteiger partial charge in [0.1, 0.15) is 5.52 Å². The SMILES string of the molecule is CCCCc1nc(N)n(-c2nc3cnccc3n2C2CCCCC2)n1. The summed E-state index contributed by atoms with van der Waals surface area (Å²) in [5.41, 5.74) is 8.17. The number of hydrogen-bond donors (Lipinski definition) is 1. The van der Waals surface area contributed by atoms with E-state index in [2.05, 4.69) is 26.6 Å². The summed E-state index contributed by atoms with van der Waals surface area (Å²) in [4.78, 5) is 13.5. The van der Waals surface area contributed by atoms with Gasteiger partial charge in [0.15, 0.2) is 5.82 Å². The van der Waals surface area contributed by atoms with Gasteiger partial charge in [-0.15, -0.1) is 5.10 Å². The summed E-state index contributed by atoms with van der Waals surface area (Å²) in [6.45, 7) is 2.16. The molecule has 0 aromatic carbocycles. The van der Waals surface area contributed by atoms with E-state index in [1.54, 1.807) is 4.68 Å². The molecule has 4 rings (SSSR count). The minimum Gasteiger partial charge on any atom is -0.368 e. The first kappa shape index (κ1) is 16.1. The lowest BCUT2D eigenvalue weighted by atomic mass is 9.95. The summed E-state index contributed by atoms with van der Waals surface area (Å²) in [5, 5.41) is 4.65. The number of fused-ring (bicyclic) bond motifs is 1. The van der Waals surface area contributed by atoms with Crippen LogP contribution in [0.3, 0.4) is 0 Å². The molecule has 0 aliphatic heterocycles. The zero-order valence-corrected chi connectivity index (χ0v) is 14.7. The summed E-state index contributed by atoms with van der Waals surface area (Å²) in [7, 11) is 0.